The van der Waals surface area contributed by atoms with Crippen molar-refractivity contribution in [3.05, 3.63) is 106 Å². The van der Waals surface area contributed by atoms with Crippen LogP contribution < -0.4 is 5.32 Å². The van der Waals surface area contributed by atoms with Crippen LogP contribution in [0.1, 0.15) is 81.5 Å². The maximum Gasteiger partial charge on any atom is 0.263 e. The highest BCUT2D eigenvalue weighted by Crippen LogP contribution is 2.28. The van der Waals surface area contributed by atoms with Gasteiger partial charge in [0.2, 0.25) is 0 Å². The number of carbonyl (C=O) groups excluding carboxylic acids is 2. The lowest BCUT2D eigenvalue weighted by molar-refractivity contribution is 0.0935. The van der Waals surface area contributed by atoms with Crippen LogP contribution in [0.15, 0.2) is 78.6 Å². The number of aromatic nitrogens is 3. The van der Waals surface area contributed by atoms with Crippen LogP contribution >= 0.6 is 11.3 Å². The monoisotopic (exact) mass is 548 g/mol. The van der Waals surface area contributed by atoms with E-state index in [2.05, 4.69) is 56.7 Å². The van der Waals surface area contributed by atoms with Gasteiger partial charge in [-0.3, -0.25) is 14.6 Å². The van der Waals surface area contributed by atoms with Crippen molar-refractivity contribution in [3.63, 3.8) is 0 Å². The molecule has 0 saturated carbocycles. The molecule has 0 spiro atoms. The fourth-order valence-electron chi connectivity index (χ4n) is 5.68. The van der Waals surface area contributed by atoms with Gasteiger partial charge < -0.3 is 10.3 Å². The topological polar surface area (TPSA) is 87.7 Å². The summed E-state index contributed by atoms with van der Waals surface area (Å²) in [5.41, 5.74) is 7.15. The molecule has 7 heteroatoms. The van der Waals surface area contributed by atoms with E-state index in [1.807, 2.05) is 30.5 Å². The Morgan fingerprint density at radius 2 is 1.85 bits per heavy atom. The molecule has 40 heavy (non-hydrogen) atoms. The summed E-state index contributed by atoms with van der Waals surface area (Å²) in [5, 5.41) is 5.51. The van der Waals surface area contributed by atoms with E-state index in [-0.39, 0.29) is 17.7 Å². The van der Waals surface area contributed by atoms with E-state index in [1.165, 1.54) is 33.2 Å². The van der Waals surface area contributed by atoms with Gasteiger partial charge in [0.25, 0.3) is 5.91 Å². The third kappa shape index (κ3) is 5.75. The average molecular weight is 549 g/mol. The number of aromatic amines is 1. The van der Waals surface area contributed by atoms with Gasteiger partial charge in [0.1, 0.15) is 10.7 Å². The van der Waals surface area contributed by atoms with E-state index >= 15 is 0 Å². The second-order valence-electron chi connectivity index (χ2n) is 10.5. The molecule has 2 heterocycles. The molecule has 2 N–H and O–H groups in total. The van der Waals surface area contributed by atoms with Crippen LogP contribution in [0.4, 0.5) is 0 Å². The summed E-state index contributed by atoms with van der Waals surface area (Å²) in [6.45, 7) is 0. The SMILES string of the molecule is O=C(N[C@@H](CCCCCC(=O)c1cccc2c1CCC2)c1ncc(-c2ccc3ccccc3c2)[nH]1)c1cncs1. The summed E-state index contributed by atoms with van der Waals surface area (Å²) >= 11 is 1.32. The Morgan fingerprint density at radius 1 is 0.950 bits per heavy atom. The number of amides is 1. The Balaban J connectivity index is 1.11. The zero-order valence-corrected chi connectivity index (χ0v) is 23.2. The molecule has 0 unspecified atom stereocenters. The lowest BCUT2D eigenvalue weighted by Crippen LogP contribution is -2.28. The van der Waals surface area contributed by atoms with Crippen LogP contribution in [0, 0.1) is 0 Å². The van der Waals surface area contributed by atoms with Gasteiger partial charge in [-0.15, -0.1) is 11.3 Å². The van der Waals surface area contributed by atoms with Gasteiger partial charge in [-0.1, -0.05) is 67.4 Å². The number of imidazole rings is 1. The first-order valence-corrected chi connectivity index (χ1v) is 14.9. The van der Waals surface area contributed by atoms with Crippen molar-refractivity contribution in [2.75, 3.05) is 0 Å². The molecule has 202 valence electrons. The van der Waals surface area contributed by atoms with Crippen molar-refractivity contribution in [3.8, 4) is 11.3 Å². The Labute approximate surface area is 237 Å². The molecule has 1 atom stereocenters. The fraction of sp³-hybridized carbons (Fsp3) is 0.273. The van der Waals surface area contributed by atoms with Gasteiger partial charge in [0.15, 0.2) is 5.78 Å². The highest BCUT2D eigenvalue weighted by Gasteiger charge is 2.21. The summed E-state index contributed by atoms with van der Waals surface area (Å²) in [7, 11) is 0. The number of nitrogens with zero attached hydrogens (tertiary/aromatic N) is 2. The van der Waals surface area contributed by atoms with Crippen molar-refractivity contribution < 1.29 is 9.59 Å². The van der Waals surface area contributed by atoms with Crippen LogP contribution in [0.25, 0.3) is 22.0 Å². The number of thiazole rings is 1. The van der Waals surface area contributed by atoms with Gasteiger partial charge in [0, 0.05) is 17.5 Å². The predicted octanol–water partition coefficient (Wildman–Crippen LogP) is 7.48. The van der Waals surface area contributed by atoms with E-state index in [0.29, 0.717) is 11.3 Å². The molecule has 0 bridgehead atoms. The Morgan fingerprint density at radius 3 is 2.73 bits per heavy atom. The normalized spacial score (nSPS) is 13.3. The maximum atomic E-state index is 12.9. The van der Waals surface area contributed by atoms with E-state index < -0.39 is 0 Å². The second-order valence-corrected chi connectivity index (χ2v) is 11.3. The number of aryl methyl sites for hydroxylation is 1. The van der Waals surface area contributed by atoms with E-state index in [9.17, 15) is 9.59 Å². The van der Waals surface area contributed by atoms with Crippen LogP contribution in [-0.4, -0.2) is 26.6 Å². The number of ketones is 1. The summed E-state index contributed by atoms with van der Waals surface area (Å²) in [4.78, 5) is 38.6. The number of rotatable bonds is 11. The second kappa shape index (κ2) is 12.0. The Hall–Kier alpha value is -4.10. The van der Waals surface area contributed by atoms with Gasteiger partial charge in [0.05, 0.1) is 29.6 Å². The molecule has 3 aromatic carbocycles. The Kier molecular flexibility index (Phi) is 7.82. The molecule has 6 rings (SSSR count). The quantitative estimate of drug-likeness (QED) is 0.132. The largest absolute Gasteiger partial charge is 0.341 e. The van der Waals surface area contributed by atoms with Crippen molar-refractivity contribution in [2.45, 2.75) is 57.4 Å². The first-order valence-electron chi connectivity index (χ1n) is 14.0. The predicted molar refractivity (Wildman–Crippen MR) is 160 cm³/mol. The van der Waals surface area contributed by atoms with Gasteiger partial charge >= 0.3 is 0 Å². The van der Waals surface area contributed by atoms with Crippen LogP contribution in [0.3, 0.4) is 0 Å². The number of benzene rings is 3. The van der Waals surface area contributed by atoms with Crippen molar-refractivity contribution in [2.24, 2.45) is 0 Å². The van der Waals surface area contributed by atoms with E-state index in [1.54, 1.807) is 11.7 Å². The third-order valence-electron chi connectivity index (χ3n) is 7.79. The number of fused-ring (bicyclic) bond motifs is 2. The molecular formula is C33H32N4O2S. The third-order valence-corrected chi connectivity index (χ3v) is 8.56. The van der Waals surface area contributed by atoms with Gasteiger partial charge in [-0.2, -0.15) is 0 Å². The lowest BCUT2D eigenvalue weighted by Gasteiger charge is -2.16. The number of H-pyrrole nitrogens is 1. The lowest BCUT2D eigenvalue weighted by atomic mass is 9.96. The molecule has 0 radical (unpaired) electrons. The van der Waals surface area contributed by atoms with Crippen molar-refractivity contribution in [1.29, 1.82) is 0 Å². The summed E-state index contributed by atoms with van der Waals surface area (Å²) in [6.07, 6.45) is 10.6. The summed E-state index contributed by atoms with van der Waals surface area (Å²) in [5.74, 6) is 0.834. The number of carbonyl (C=O) groups is 2. The number of Topliss-reactive ketones (excluding diaryl/α,β-unsaturated/α-hetero) is 1. The smallest absolute Gasteiger partial charge is 0.263 e. The standard InChI is InChI=1S/C33H32N4O2S/c38-30(27-13-7-11-23-10-6-12-26(23)27)15-3-1-2-14-28(37-33(39)31-20-34-21-40-31)32-35-19-29(36-32)25-17-16-22-8-4-5-9-24(22)18-25/h4-5,7-9,11,13,16-21,28H,1-3,6,10,12,14-15H2,(H,35,36)(H,37,39)/t28-/m0/s1. The molecular weight excluding hydrogens is 516 g/mol. The maximum absolute atomic E-state index is 12.9. The summed E-state index contributed by atoms with van der Waals surface area (Å²) in [6, 6.07) is 20.5. The zero-order chi connectivity index (χ0) is 27.3. The van der Waals surface area contributed by atoms with E-state index in [0.717, 1.165) is 67.6 Å². The Bertz CT molecular complexity index is 1640. The molecule has 0 aliphatic heterocycles. The van der Waals surface area contributed by atoms with Crippen molar-refractivity contribution in [1.82, 2.24) is 20.3 Å². The number of hydrogen-bond donors (Lipinski definition) is 2. The number of nitrogens with one attached hydrogen (secondary N) is 2. The minimum absolute atomic E-state index is 0.149. The molecule has 0 saturated heterocycles. The molecule has 1 aliphatic rings. The first-order chi connectivity index (χ1) is 19.7. The number of hydrogen-bond acceptors (Lipinski definition) is 5. The summed E-state index contributed by atoms with van der Waals surface area (Å²) < 4.78 is 0. The van der Waals surface area contributed by atoms with Crippen LogP contribution in [-0.2, 0) is 12.8 Å². The molecule has 1 aliphatic carbocycles. The molecule has 5 aromatic rings. The van der Waals surface area contributed by atoms with Crippen LogP contribution in [0.2, 0.25) is 0 Å². The first kappa shape index (κ1) is 26.1. The minimum Gasteiger partial charge on any atom is -0.341 e. The minimum atomic E-state index is -0.267. The molecule has 2 aromatic heterocycles. The molecule has 0 fully saturated rings. The fourth-order valence-corrected chi connectivity index (χ4v) is 6.20. The van der Waals surface area contributed by atoms with Gasteiger partial charge in [-0.25, -0.2) is 4.98 Å². The van der Waals surface area contributed by atoms with E-state index in [4.69, 9.17) is 0 Å². The highest BCUT2D eigenvalue weighted by molar-refractivity contribution is 7.11. The molecule has 6 nitrogen and oxygen atoms in total. The average Bonchev–Trinajstić information content (AvgIpc) is 3.78. The van der Waals surface area contributed by atoms with Gasteiger partial charge in [-0.05, 0) is 60.1 Å². The highest BCUT2D eigenvalue weighted by atomic mass is 32.1. The zero-order valence-electron chi connectivity index (χ0n) is 22.4. The number of unbranched alkanes of at least 4 members (excludes halogenated alkanes) is 2. The van der Waals surface area contributed by atoms with Crippen molar-refractivity contribution >= 4 is 33.8 Å². The van der Waals surface area contributed by atoms with Crippen LogP contribution in [0.5, 0.6) is 0 Å². The molecule has 1 amide bonds.